The van der Waals surface area contributed by atoms with Crippen molar-refractivity contribution in [2.24, 2.45) is 23.2 Å². The standard InChI is InChI=1S/C10H19B/c1-10(2)8-4-3-7(6-11)9(10)5-8/h7-9H,3-6,11H2,1-2H3. The summed E-state index contributed by atoms with van der Waals surface area (Å²) in [5.74, 6) is 3.22. The Kier molecular flexibility index (Phi) is 1.59. The van der Waals surface area contributed by atoms with E-state index >= 15 is 0 Å². The van der Waals surface area contributed by atoms with Crippen LogP contribution in [0.25, 0.3) is 0 Å². The van der Waals surface area contributed by atoms with E-state index in [1.54, 1.807) is 6.42 Å². The van der Waals surface area contributed by atoms with Crippen molar-refractivity contribution < 1.29 is 0 Å². The summed E-state index contributed by atoms with van der Waals surface area (Å²) in [7, 11) is 2.36. The molecule has 0 amide bonds. The van der Waals surface area contributed by atoms with Gasteiger partial charge in [0, 0.05) is 0 Å². The maximum atomic E-state index is 2.48. The van der Waals surface area contributed by atoms with Gasteiger partial charge in [0.2, 0.25) is 0 Å². The van der Waals surface area contributed by atoms with Crippen LogP contribution < -0.4 is 0 Å². The van der Waals surface area contributed by atoms with E-state index in [1.807, 2.05) is 0 Å². The average molecular weight is 150 g/mol. The zero-order valence-corrected chi connectivity index (χ0v) is 8.06. The molecule has 3 saturated carbocycles. The van der Waals surface area contributed by atoms with E-state index in [0.717, 1.165) is 17.8 Å². The first-order chi connectivity index (χ1) is 5.16. The summed E-state index contributed by atoms with van der Waals surface area (Å²) in [6.45, 7) is 4.96. The summed E-state index contributed by atoms with van der Waals surface area (Å²) >= 11 is 0. The van der Waals surface area contributed by atoms with Gasteiger partial charge < -0.3 is 0 Å². The molecule has 3 aliphatic carbocycles. The minimum absolute atomic E-state index is 0.707. The van der Waals surface area contributed by atoms with Crippen LogP contribution in [-0.4, -0.2) is 7.85 Å². The van der Waals surface area contributed by atoms with Crippen molar-refractivity contribution in [2.75, 3.05) is 0 Å². The summed E-state index contributed by atoms with van der Waals surface area (Å²) in [6, 6.07) is 0. The predicted molar refractivity (Wildman–Crippen MR) is 51.5 cm³/mol. The summed E-state index contributed by atoms with van der Waals surface area (Å²) in [5.41, 5.74) is 0.707. The van der Waals surface area contributed by atoms with Gasteiger partial charge in [-0.3, -0.25) is 0 Å². The fraction of sp³-hybridized carbons (Fsp3) is 1.00. The lowest BCUT2D eigenvalue weighted by Crippen LogP contribution is -2.52. The van der Waals surface area contributed by atoms with Gasteiger partial charge in [0.15, 0.2) is 0 Å². The second-order valence-electron chi connectivity index (χ2n) is 5.11. The van der Waals surface area contributed by atoms with Crippen molar-refractivity contribution in [3.8, 4) is 0 Å². The lowest BCUT2D eigenvalue weighted by atomic mass is 9.44. The molecule has 3 rings (SSSR count). The van der Waals surface area contributed by atoms with Gasteiger partial charge in [-0.25, -0.2) is 0 Å². The maximum absolute atomic E-state index is 2.48. The smallest absolute Gasteiger partial charge is 0.0780 e. The molecular weight excluding hydrogens is 131 g/mol. The highest BCUT2D eigenvalue weighted by atomic mass is 14.6. The van der Waals surface area contributed by atoms with E-state index in [-0.39, 0.29) is 0 Å². The van der Waals surface area contributed by atoms with Crippen LogP contribution in [0.4, 0.5) is 0 Å². The monoisotopic (exact) mass is 150 g/mol. The van der Waals surface area contributed by atoms with Crippen LogP contribution in [0.15, 0.2) is 0 Å². The molecule has 3 unspecified atom stereocenters. The van der Waals surface area contributed by atoms with Gasteiger partial charge in [-0.1, -0.05) is 26.6 Å². The summed E-state index contributed by atoms with van der Waals surface area (Å²) in [4.78, 5) is 0. The lowest BCUT2D eigenvalue weighted by Gasteiger charge is -2.60. The molecule has 0 radical (unpaired) electrons. The normalized spacial score (nSPS) is 46.5. The molecule has 0 aromatic carbocycles. The minimum atomic E-state index is 0.707. The van der Waals surface area contributed by atoms with E-state index in [2.05, 4.69) is 21.7 Å². The van der Waals surface area contributed by atoms with Gasteiger partial charge >= 0.3 is 0 Å². The van der Waals surface area contributed by atoms with Gasteiger partial charge in [0.25, 0.3) is 0 Å². The largest absolute Gasteiger partial charge is 0.101 e. The van der Waals surface area contributed by atoms with Gasteiger partial charge in [-0.05, 0) is 36.0 Å². The Hall–Kier alpha value is 0.0649. The average Bonchev–Trinajstić information content (AvgIpc) is 2.04. The zero-order valence-electron chi connectivity index (χ0n) is 8.06. The van der Waals surface area contributed by atoms with Crippen molar-refractivity contribution >= 4 is 7.85 Å². The van der Waals surface area contributed by atoms with Crippen LogP contribution in [0, 0.1) is 23.2 Å². The molecule has 3 atom stereocenters. The Bertz CT molecular complexity index is 160. The van der Waals surface area contributed by atoms with Crippen LogP contribution >= 0.6 is 0 Å². The zero-order chi connectivity index (χ0) is 8.06. The van der Waals surface area contributed by atoms with Crippen molar-refractivity contribution in [1.82, 2.24) is 0 Å². The quantitative estimate of drug-likeness (QED) is 0.502. The van der Waals surface area contributed by atoms with E-state index in [1.165, 1.54) is 19.2 Å². The fourth-order valence-corrected chi connectivity index (χ4v) is 3.45. The van der Waals surface area contributed by atoms with Crippen LogP contribution in [0.2, 0.25) is 6.32 Å². The molecule has 0 aromatic rings. The fourth-order valence-electron chi connectivity index (χ4n) is 3.45. The Balaban J connectivity index is 2.10. The summed E-state index contributed by atoms with van der Waals surface area (Å²) in [6.07, 6.45) is 6.00. The number of fused-ring (bicyclic) bond motifs is 2. The minimum Gasteiger partial charge on any atom is -0.0780 e. The van der Waals surface area contributed by atoms with Crippen LogP contribution in [0.3, 0.4) is 0 Å². The highest BCUT2D eigenvalue weighted by Crippen LogP contribution is 2.61. The van der Waals surface area contributed by atoms with E-state index in [9.17, 15) is 0 Å². The molecular formula is C10H19B. The van der Waals surface area contributed by atoms with E-state index < -0.39 is 0 Å². The molecule has 0 nitrogen and oxygen atoms in total. The van der Waals surface area contributed by atoms with Crippen LogP contribution in [0.1, 0.15) is 33.1 Å². The van der Waals surface area contributed by atoms with E-state index in [4.69, 9.17) is 0 Å². The Morgan fingerprint density at radius 1 is 1.36 bits per heavy atom. The number of hydrogen-bond donors (Lipinski definition) is 0. The highest BCUT2D eigenvalue weighted by molar-refractivity contribution is 6.08. The topological polar surface area (TPSA) is 0 Å². The molecule has 1 heteroatoms. The van der Waals surface area contributed by atoms with Crippen molar-refractivity contribution in [3.05, 3.63) is 0 Å². The third kappa shape index (κ3) is 0.894. The van der Waals surface area contributed by atoms with Crippen LogP contribution in [-0.2, 0) is 0 Å². The third-order valence-corrected chi connectivity index (χ3v) is 4.53. The first-order valence-corrected chi connectivity index (χ1v) is 5.16. The van der Waals surface area contributed by atoms with Crippen LogP contribution in [0.5, 0.6) is 0 Å². The molecule has 62 valence electrons. The Morgan fingerprint density at radius 2 is 2.09 bits per heavy atom. The predicted octanol–water partition coefficient (Wildman–Crippen LogP) is 2.11. The first-order valence-electron chi connectivity index (χ1n) is 5.16. The molecule has 3 aliphatic rings. The SMILES string of the molecule is BCC1CCC2CC1C2(C)C. The Labute approximate surface area is 71.2 Å². The van der Waals surface area contributed by atoms with Crippen molar-refractivity contribution in [1.29, 1.82) is 0 Å². The van der Waals surface area contributed by atoms with Gasteiger partial charge in [-0.15, -0.1) is 0 Å². The maximum Gasteiger partial charge on any atom is 0.101 e. The van der Waals surface area contributed by atoms with E-state index in [0.29, 0.717) is 5.41 Å². The van der Waals surface area contributed by atoms with Crippen molar-refractivity contribution in [3.63, 3.8) is 0 Å². The molecule has 0 heterocycles. The number of rotatable bonds is 1. The summed E-state index contributed by atoms with van der Waals surface area (Å²) in [5, 5.41) is 0. The second kappa shape index (κ2) is 2.28. The third-order valence-electron chi connectivity index (χ3n) is 4.53. The molecule has 2 bridgehead atoms. The molecule has 0 spiro atoms. The number of hydrogen-bond acceptors (Lipinski definition) is 0. The van der Waals surface area contributed by atoms with Crippen molar-refractivity contribution in [2.45, 2.75) is 39.4 Å². The highest BCUT2D eigenvalue weighted by Gasteiger charge is 2.53. The molecule has 11 heavy (non-hydrogen) atoms. The molecule has 0 N–H and O–H groups in total. The second-order valence-corrected chi connectivity index (χ2v) is 5.11. The van der Waals surface area contributed by atoms with Gasteiger partial charge in [-0.2, -0.15) is 0 Å². The first kappa shape index (κ1) is 7.70. The molecule has 0 aliphatic heterocycles. The molecule has 0 saturated heterocycles. The summed E-state index contributed by atoms with van der Waals surface area (Å²) < 4.78 is 0. The van der Waals surface area contributed by atoms with Gasteiger partial charge in [0.05, 0.1) is 0 Å². The lowest BCUT2D eigenvalue weighted by molar-refractivity contribution is -0.0985. The van der Waals surface area contributed by atoms with Gasteiger partial charge in [0.1, 0.15) is 7.85 Å². The molecule has 0 aromatic heterocycles. The Morgan fingerprint density at radius 3 is 2.45 bits per heavy atom. The molecule has 3 fully saturated rings.